The average molecular weight is 239 g/mol. The maximum absolute atomic E-state index is 12.7. The van der Waals surface area contributed by atoms with Crippen molar-refractivity contribution in [3.8, 4) is 0 Å². The molecule has 94 valence electrons. The molecule has 0 aliphatic heterocycles. The zero-order chi connectivity index (χ0) is 12.8. The molecule has 1 aromatic rings. The van der Waals surface area contributed by atoms with Crippen LogP contribution in [0, 0.1) is 5.82 Å². The monoisotopic (exact) mass is 239 g/mol. The summed E-state index contributed by atoms with van der Waals surface area (Å²) in [4.78, 5) is 10.4. The highest BCUT2D eigenvalue weighted by atomic mass is 19.1. The molecule has 0 bridgehead atoms. The number of nitrogens with one attached hydrogen (secondary N) is 1. The van der Waals surface area contributed by atoms with Crippen molar-refractivity contribution < 1.29 is 14.3 Å². The maximum Gasteiger partial charge on any atom is 0.303 e. The van der Waals surface area contributed by atoms with E-state index in [0.717, 1.165) is 5.56 Å². The van der Waals surface area contributed by atoms with Gasteiger partial charge in [-0.2, -0.15) is 0 Å². The van der Waals surface area contributed by atoms with Crippen LogP contribution in [0.3, 0.4) is 0 Å². The van der Waals surface area contributed by atoms with Crippen LogP contribution in [0.2, 0.25) is 0 Å². The zero-order valence-electron chi connectivity index (χ0n) is 10.1. The van der Waals surface area contributed by atoms with E-state index >= 15 is 0 Å². The second-order valence-electron chi connectivity index (χ2n) is 4.27. The molecule has 0 saturated heterocycles. The van der Waals surface area contributed by atoms with Gasteiger partial charge in [0, 0.05) is 18.5 Å². The van der Waals surface area contributed by atoms with E-state index in [0.29, 0.717) is 6.42 Å². The molecule has 0 aliphatic rings. The van der Waals surface area contributed by atoms with Crippen LogP contribution in [0.5, 0.6) is 0 Å². The lowest BCUT2D eigenvalue weighted by Crippen LogP contribution is -2.29. The molecule has 0 fully saturated rings. The number of halogens is 1. The highest BCUT2D eigenvalue weighted by molar-refractivity contribution is 5.66. The summed E-state index contributed by atoms with van der Waals surface area (Å²) >= 11 is 0. The fourth-order valence-corrected chi connectivity index (χ4v) is 1.70. The van der Waals surface area contributed by atoms with E-state index in [9.17, 15) is 9.18 Å². The Morgan fingerprint density at radius 3 is 2.47 bits per heavy atom. The third kappa shape index (κ3) is 4.95. The van der Waals surface area contributed by atoms with E-state index in [-0.39, 0.29) is 24.3 Å². The molecule has 0 amide bonds. The minimum Gasteiger partial charge on any atom is -0.481 e. The largest absolute Gasteiger partial charge is 0.481 e. The Morgan fingerprint density at radius 1 is 1.35 bits per heavy atom. The van der Waals surface area contributed by atoms with Gasteiger partial charge in [0.05, 0.1) is 0 Å². The molecule has 2 N–H and O–H groups in total. The van der Waals surface area contributed by atoms with Gasteiger partial charge in [-0.15, -0.1) is 0 Å². The highest BCUT2D eigenvalue weighted by Crippen LogP contribution is 2.14. The van der Waals surface area contributed by atoms with Crippen LogP contribution >= 0.6 is 0 Å². The lowest BCUT2D eigenvalue weighted by atomic mass is 10.1. The summed E-state index contributed by atoms with van der Waals surface area (Å²) in [7, 11) is 0. The molecule has 3 nitrogen and oxygen atoms in total. The van der Waals surface area contributed by atoms with E-state index in [4.69, 9.17) is 5.11 Å². The number of carboxylic acid groups (broad SMARTS) is 1. The number of benzene rings is 1. The van der Waals surface area contributed by atoms with E-state index in [2.05, 4.69) is 5.32 Å². The van der Waals surface area contributed by atoms with Gasteiger partial charge in [0.2, 0.25) is 0 Å². The minimum atomic E-state index is -0.784. The van der Waals surface area contributed by atoms with Crippen LogP contribution in [0.15, 0.2) is 24.3 Å². The first-order valence-corrected chi connectivity index (χ1v) is 5.72. The summed E-state index contributed by atoms with van der Waals surface area (Å²) in [6, 6.07) is 6.52. The van der Waals surface area contributed by atoms with Gasteiger partial charge in [0.15, 0.2) is 0 Å². The van der Waals surface area contributed by atoms with Crippen LogP contribution in [0.4, 0.5) is 4.39 Å². The third-order valence-electron chi connectivity index (χ3n) is 2.70. The predicted octanol–water partition coefficient (Wildman–Crippen LogP) is 2.73. The number of carbonyl (C=O) groups is 1. The van der Waals surface area contributed by atoms with Crippen molar-refractivity contribution in [1.82, 2.24) is 5.32 Å². The smallest absolute Gasteiger partial charge is 0.303 e. The molecule has 1 unspecified atom stereocenters. The number of rotatable bonds is 6. The third-order valence-corrected chi connectivity index (χ3v) is 2.70. The van der Waals surface area contributed by atoms with Crippen molar-refractivity contribution in [3.63, 3.8) is 0 Å². The number of hydrogen-bond donors (Lipinski definition) is 2. The quantitative estimate of drug-likeness (QED) is 0.802. The lowest BCUT2D eigenvalue weighted by Gasteiger charge is -2.19. The summed E-state index contributed by atoms with van der Waals surface area (Å²) in [5.41, 5.74) is 0.994. The molecular weight excluding hydrogens is 221 g/mol. The topological polar surface area (TPSA) is 49.3 Å². The van der Waals surface area contributed by atoms with Crippen molar-refractivity contribution in [2.45, 2.75) is 38.8 Å². The molecule has 2 atom stereocenters. The van der Waals surface area contributed by atoms with E-state index in [1.807, 2.05) is 13.8 Å². The molecule has 0 heterocycles. The Labute approximate surface area is 101 Å². The Hall–Kier alpha value is -1.42. The molecule has 0 aliphatic carbocycles. The number of aliphatic carboxylic acids is 1. The zero-order valence-corrected chi connectivity index (χ0v) is 10.1. The van der Waals surface area contributed by atoms with Crippen LogP contribution in [0.25, 0.3) is 0 Å². The van der Waals surface area contributed by atoms with Crippen LogP contribution in [0.1, 0.15) is 38.3 Å². The van der Waals surface area contributed by atoms with Crippen molar-refractivity contribution in [2.75, 3.05) is 0 Å². The summed E-state index contributed by atoms with van der Waals surface area (Å²) in [6.45, 7) is 3.92. The van der Waals surface area contributed by atoms with Crippen molar-refractivity contribution >= 4 is 5.97 Å². The average Bonchev–Trinajstić information content (AvgIpc) is 2.27. The van der Waals surface area contributed by atoms with E-state index in [1.165, 1.54) is 12.1 Å². The molecular formula is C13H18FNO2. The fraction of sp³-hybridized carbons (Fsp3) is 0.462. The van der Waals surface area contributed by atoms with Gasteiger partial charge in [0.1, 0.15) is 5.82 Å². The van der Waals surface area contributed by atoms with Gasteiger partial charge in [0.25, 0.3) is 0 Å². The van der Waals surface area contributed by atoms with E-state index < -0.39 is 5.97 Å². The van der Waals surface area contributed by atoms with Gasteiger partial charge in [-0.05, 0) is 38.0 Å². The Morgan fingerprint density at radius 2 is 1.94 bits per heavy atom. The molecule has 1 rings (SSSR count). The second kappa shape index (κ2) is 6.35. The molecule has 17 heavy (non-hydrogen) atoms. The molecule has 0 saturated carbocycles. The first-order chi connectivity index (χ1) is 7.99. The van der Waals surface area contributed by atoms with Gasteiger partial charge in [-0.25, -0.2) is 4.39 Å². The Bertz CT molecular complexity index is 364. The summed E-state index contributed by atoms with van der Waals surface area (Å²) in [6.07, 6.45) is 0.741. The highest BCUT2D eigenvalue weighted by Gasteiger charge is 2.10. The molecule has 0 spiro atoms. The van der Waals surface area contributed by atoms with Crippen molar-refractivity contribution in [1.29, 1.82) is 0 Å². The Kier molecular flexibility index (Phi) is 5.10. The number of carboxylic acids is 1. The molecule has 0 aromatic heterocycles. The molecule has 1 aromatic carbocycles. The summed E-state index contributed by atoms with van der Waals surface area (Å²) in [5.74, 6) is -1.03. The van der Waals surface area contributed by atoms with E-state index in [1.54, 1.807) is 12.1 Å². The first kappa shape index (κ1) is 13.6. The lowest BCUT2D eigenvalue weighted by molar-refractivity contribution is -0.137. The van der Waals surface area contributed by atoms with Gasteiger partial charge < -0.3 is 10.4 Å². The van der Waals surface area contributed by atoms with Gasteiger partial charge >= 0.3 is 5.97 Å². The minimum absolute atomic E-state index is 0.0828. The SMILES string of the molecule is CC(CCC(=O)O)N[C@H](C)c1ccc(F)cc1. The van der Waals surface area contributed by atoms with Crippen LogP contribution in [-0.2, 0) is 4.79 Å². The predicted molar refractivity (Wildman–Crippen MR) is 64.3 cm³/mol. The molecule has 4 heteroatoms. The van der Waals surface area contributed by atoms with Crippen molar-refractivity contribution in [3.05, 3.63) is 35.6 Å². The van der Waals surface area contributed by atoms with Crippen molar-refractivity contribution in [2.24, 2.45) is 0 Å². The first-order valence-electron chi connectivity index (χ1n) is 5.72. The number of hydrogen-bond acceptors (Lipinski definition) is 2. The van der Waals surface area contributed by atoms with Gasteiger partial charge in [-0.1, -0.05) is 12.1 Å². The molecule has 0 radical (unpaired) electrons. The maximum atomic E-state index is 12.7. The fourth-order valence-electron chi connectivity index (χ4n) is 1.70. The van der Waals surface area contributed by atoms with Crippen LogP contribution in [-0.4, -0.2) is 17.1 Å². The van der Waals surface area contributed by atoms with Gasteiger partial charge in [-0.3, -0.25) is 4.79 Å². The second-order valence-corrected chi connectivity index (χ2v) is 4.27. The van der Waals surface area contributed by atoms with Crippen LogP contribution < -0.4 is 5.32 Å². The summed E-state index contributed by atoms with van der Waals surface area (Å²) in [5, 5.41) is 11.9. The Balaban J connectivity index is 2.45. The normalized spacial score (nSPS) is 14.3. The standard InChI is InChI=1S/C13H18FNO2/c1-9(3-8-13(16)17)15-10(2)11-4-6-12(14)7-5-11/h4-7,9-10,15H,3,8H2,1-2H3,(H,16,17)/t9?,10-/m1/s1. The summed E-state index contributed by atoms with van der Waals surface area (Å²) < 4.78 is 12.7.